The Balaban J connectivity index is 2.59. The maximum absolute atomic E-state index is 5.72. The summed E-state index contributed by atoms with van der Waals surface area (Å²) in [5.74, 6) is 0. The van der Waals surface area contributed by atoms with Crippen molar-refractivity contribution in [1.29, 1.82) is 0 Å². The van der Waals surface area contributed by atoms with E-state index in [0.717, 1.165) is 12.8 Å². The fourth-order valence-electron chi connectivity index (χ4n) is 1.55. The van der Waals surface area contributed by atoms with Gasteiger partial charge >= 0.3 is 0 Å². The van der Waals surface area contributed by atoms with E-state index in [1.807, 2.05) is 13.8 Å². The molecule has 0 bridgehead atoms. The minimum Gasteiger partial charge on any atom is -0.328 e. The molecule has 0 spiro atoms. The summed E-state index contributed by atoms with van der Waals surface area (Å²) < 4.78 is 0. The second-order valence-electron chi connectivity index (χ2n) is 4.18. The maximum Gasteiger partial charge on any atom is 0.00509 e. The third-order valence-corrected chi connectivity index (χ3v) is 2.14. The zero-order valence-electron chi connectivity index (χ0n) is 9.03. The molecule has 0 aliphatic rings. The second kappa shape index (κ2) is 5.13. The van der Waals surface area contributed by atoms with Gasteiger partial charge in [-0.1, -0.05) is 24.3 Å². The first-order chi connectivity index (χ1) is 6.58. The molecule has 0 aliphatic heterocycles. The molecule has 1 rings (SSSR count). The van der Waals surface area contributed by atoms with Gasteiger partial charge < -0.3 is 11.5 Å². The highest BCUT2D eigenvalue weighted by Gasteiger charge is 2.00. The second-order valence-corrected chi connectivity index (χ2v) is 4.18. The van der Waals surface area contributed by atoms with Crippen molar-refractivity contribution in [1.82, 2.24) is 0 Å². The summed E-state index contributed by atoms with van der Waals surface area (Å²) in [6.07, 6.45) is 1.89. The van der Waals surface area contributed by atoms with Gasteiger partial charge in [-0.2, -0.15) is 0 Å². The third-order valence-electron chi connectivity index (χ3n) is 2.14. The SMILES string of the molecule is C[C@@H](N)Cc1ccc(C[C@@H](C)N)cc1. The number of benzene rings is 1. The molecule has 2 nitrogen and oxygen atoms in total. The summed E-state index contributed by atoms with van der Waals surface area (Å²) in [5, 5.41) is 0. The van der Waals surface area contributed by atoms with Crippen LogP contribution in [-0.4, -0.2) is 12.1 Å². The molecular weight excluding hydrogens is 172 g/mol. The minimum atomic E-state index is 0.231. The van der Waals surface area contributed by atoms with Crippen LogP contribution in [0, 0.1) is 0 Å². The molecule has 4 N–H and O–H groups in total. The van der Waals surface area contributed by atoms with Crippen molar-refractivity contribution < 1.29 is 0 Å². The van der Waals surface area contributed by atoms with Gasteiger partial charge in [0.25, 0.3) is 0 Å². The van der Waals surface area contributed by atoms with Crippen molar-refractivity contribution in [2.24, 2.45) is 11.5 Å². The molecule has 0 aromatic heterocycles. The standard InChI is InChI=1S/C12H20N2/c1-9(13)7-11-3-5-12(6-4-11)8-10(2)14/h3-6,9-10H,7-8,13-14H2,1-2H3/t9-,10-/m1/s1. The van der Waals surface area contributed by atoms with Crippen LogP contribution in [0.25, 0.3) is 0 Å². The van der Waals surface area contributed by atoms with E-state index < -0.39 is 0 Å². The summed E-state index contributed by atoms with van der Waals surface area (Å²) in [6.45, 7) is 4.05. The lowest BCUT2D eigenvalue weighted by Gasteiger charge is -2.08. The van der Waals surface area contributed by atoms with Crippen molar-refractivity contribution in [3.8, 4) is 0 Å². The summed E-state index contributed by atoms with van der Waals surface area (Å²) in [7, 11) is 0. The molecule has 1 aromatic carbocycles. The molecule has 0 amide bonds. The topological polar surface area (TPSA) is 52.0 Å². The van der Waals surface area contributed by atoms with Crippen LogP contribution in [0.4, 0.5) is 0 Å². The average molecular weight is 192 g/mol. The summed E-state index contributed by atoms with van der Waals surface area (Å²) in [6, 6.07) is 9.02. The van der Waals surface area contributed by atoms with Gasteiger partial charge in [-0.3, -0.25) is 0 Å². The highest BCUT2D eigenvalue weighted by Crippen LogP contribution is 2.07. The van der Waals surface area contributed by atoms with E-state index >= 15 is 0 Å². The third kappa shape index (κ3) is 3.90. The van der Waals surface area contributed by atoms with Gasteiger partial charge in [0.1, 0.15) is 0 Å². The molecule has 2 heteroatoms. The van der Waals surface area contributed by atoms with Crippen LogP contribution in [0.1, 0.15) is 25.0 Å². The lowest BCUT2D eigenvalue weighted by molar-refractivity contribution is 0.729. The molecule has 0 saturated heterocycles. The Labute approximate surface area is 86.3 Å². The highest BCUT2D eigenvalue weighted by atomic mass is 14.6. The van der Waals surface area contributed by atoms with E-state index in [2.05, 4.69) is 24.3 Å². The van der Waals surface area contributed by atoms with Gasteiger partial charge in [-0.15, -0.1) is 0 Å². The number of rotatable bonds is 4. The van der Waals surface area contributed by atoms with Gasteiger partial charge in [-0.25, -0.2) is 0 Å². The van der Waals surface area contributed by atoms with Gasteiger partial charge in [0.2, 0.25) is 0 Å². The Bertz CT molecular complexity index is 233. The molecular formula is C12H20N2. The van der Waals surface area contributed by atoms with E-state index in [1.165, 1.54) is 11.1 Å². The molecule has 0 radical (unpaired) electrons. The maximum atomic E-state index is 5.72. The fraction of sp³-hybridized carbons (Fsp3) is 0.500. The molecule has 0 aliphatic carbocycles. The largest absolute Gasteiger partial charge is 0.328 e. The molecule has 14 heavy (non-hydrogen) atoms. The first-order valence-electron chi connectivity index (χ1n) is 5.17. The smallest absolute Gasteiger partial charge is 0.00509 e. The van der Waals surface area contributed by atoms with Gasteiger partial charge in [0.15, 0.2) is 0 Å². The Morgan fingerprint density at radius 1 is 0.857 bits per heavy atom. The van der Waals surface area contributed by atoms with Gasteiger partial charge in [-0.05, 0) is 37.8 Å². The predicted molar refractivity (Wildman–Crippen MR) is 61.1 cm³/mol. The summed E-state index contributed by atoms with van der Waals surface area (Å²) in [5.41, 5.74) is 14.0. The Morgan fingerprint density at radius 3 is 1.36 bits per heavy atom. The summed E-state index contributed by atoms with van der Waals surface area (Å²) in [4.78, 5) is 0. The van der Waals surface area contributed by atoms with Crippen LogP contribution in [-0.2, 0) is 12.8 Å². The van der Waals surface area contributed by atoms with Crippen LogP contribution in [0.2, 0.25) is 0 Å². The molecule has 0 fully saturated rings. The lowest BCUT2D eigenvalue weighted by Crippen LogP contribution is -2.18. The monoisotopic (exact) mass is 192 g/mol. The van der Waals surface area contributed by atoms with Crippen molar-refractivity contribution >= 4 is 0 Å². The molecule has 2 atom stereocenters. The number of hydrogen-bond donors (Lipinski definition) is 2. The minimum absolute atomic E-state index is 0.231. The van der Waals surface area contributed by atoms with E-state index in [-0.39, 0.29) is 12.1 Å². The summed E-state index contributed by atoms with van der Waals surface area (Å²) >= 11 is 0. The van der Waals surface area contributed by atoms with Crippen molar-refractivity contribution in [2.45, 2.75) is 38.8 Å². The molecule has 0 unspecified atom stereocenters. The Kier molecular flexibility index (Phi) is 4.11. The Morgan fingerprint density at radius 2 is 1.14 bits per heavy atom. The molecule has 0 saturated carbocycles. The molecule has 1 aromatic rings. The highest BCUT2D eigenvalue weighted by molar-refractivity contribution is 5.23. The van der Waals surface area contributed by atoms with Crippen LogP contribution in [0.3, 0.4) is 0 Å². The predicted octanol–water partition coefficient (Wildman–Crippen LogP) is 1.47. The van der Waals surface area contributed by atoms with Crippen molar-refractivity contribution in [3.63, 3.8) is 0 Å². The van der Waals surface area contributed by atoms with E-state index in [9.17, 15) is 0 Å². The van der Waals surface area contributed by atoms with Crippen molar-refractivity contribution in [3.05, 3.63) is 35.4 Å². The fourth-order valence-corrected chi connectivity index (χ4v) is 1.55. The molecule has 78 valence electrons. The first-order valence-corrected chi connectivity index (χ1v) is 5.17. The van der Waals surface area contributed by atoms with E-state index in [1.54, 1.807) is 0 Å². The Hall–Kier alpha value is -0.860. The zero-order valence-corrected chi connectivity index (χ0v) is 9.03. The van der Waals surface area contributed by atoms with Crippen molar-refractivity contribution in [2.75, 3.05) is 0 Å². The van der Waals surface area contributed by atoms with E-state index in [0.29, 0.717) is 0 Å². The van der Waals surface area contributed by atoms with Gasteiger partial charge in [0.05, 0.1) is 0 Å². The lowest BCUT2D eigenvalue weighted by atomic mass is 10.0. The van der Waals surface area contributed by atoms with Crippen LogP contribution >= 0.6 is 0 Å². The van der Waals surface area contributed by atoms with E-state index in [4.69, 9.17) is 11.5 Å². The van der Waals surface area contributed by atoms with Crippen LogP contribution in [0.15, 0.2) is 24.3 Å². The number of hydrogen-bond acceptors (Lipinski definition) is 2. The average Bonchev–Trinajstić information content (AvgIpc) is 2.06. The van der Waals surface area contributed by atoms with Gasteiger partial charge in [0, 0.05) is 12.1 Å². The quantitative estimate of drug-likeness (QED) is 0.759. The first kappa shape index (κ1) is 11.2. The number of nitrogens with two attached hydrogens (primary N) is 2. The van der Waals surface area contributed by atoms with Crippen LogP contribution < -0.4 is 11.5 Å². The zero-order chi connectivity index (χ0) is 10.6. The van der Waals surface area contributed by atoms with Crippen LogP contribution in [0.5, 0.6) is 0 Å². The molecule has 0 heterocycles. The normalized spacial score (nSPS) is 15.1.